The molecule has 1 aliphatic rings. The van der Waals surface area contributed by atoms with Crippen LogP contribution >= 0.6 is 0 Å². The molecule has 0 aromatic carbocycles. The predicted octanol–water partition coefficient (Wildman–Crippen LogP) is 18.0. The highest BCUT2D eigenvalue weighted by molar-refractivity contribution is 5.76. The van der Waals surface area contributed by atoms with E-state index in [1.165, 1.54) is 263 Å². The van der Waals surface area contributed by atoms with Gasteiger partial charge in [-0.1, -0.05) is 300 Å². The van der Waals surface area contributed by atoms with Gasteiger partial charge in [-0.05, 0) is 70.6 Å². The highest BCUT2D eigenvalue weighted by Gasteiger charge is 2.44. The molecule has 0 radical (unpaired) electrons. The highest BCUT2D eigenvalue weighted by Crippen LogP contribution is 2.23. The van der Waals surface area contributed by atoms with Crippen LogP contribution in [0.3, 0.4) is 0 Å². The summed E-state index contributed by atoms with van der Waals surface area (Å²) in [5, 5.41) is 54.7. The number of hydrogen-bond donors (Lipinski definition) is 6. The van der Waals surface area contributed by atoms with Gasteiger partial charge in [0.25, 0.3) is 0 Å². The molecule has 7 unspecified atom stereocenters. The summed E-state index contributed by atoms with van der Waals surface area (Å²) in [5.74, 6) is -0.188. The van der Waals surface area contributed by atoms with Gasteiger partial charge >= 0.3 is 0 Å². The lowest BCUT2D eigenvalue weighted by atomic mass is 9.99. The van der Waals surface area contributed by atoms with Crippen molar-refractivity contribution in [1.82, 2.24) is 5.32 Å². The smallest absolute Gasteiger partial charge is 0.220 e. The van der Waals surface area contributed by atoms with E-state index in [9.17, 15) is 30.3 Å². The summed E-state index contributed by atoms with van der Waals surface area (Å²) in [5.41, 5.74) is 0. The standard InChI is InChI=1S/C69H129NO8/c1-3-5-7-9-11-13-15-17-19-21-23-25-27-28-29-30-31-32-33-34-35-37-38-40-42-44-46-48-50-52-54-56-58-63(72)62(61-77-69-68(76)67(75)66(74)64(60-71)78-69)70-65(73)59-57-55-53-51-49-47-45-43-41-39-36-26-24-22-20-18-16-14-12-10-8-6-4-2/h22,24,40,42,48,50,56,58,62-64,66-69,71-72,74-76H,3-21,23,25-39,41,43-47,49,51-55,57,59-61H2,1-2H3,(H,70,73)/b24-22-,42-40+,50-48+,58-56+. The molecule has 6 N–H and O–H groups in total. The first-order valence-electron chi connectivity index (χ1n) is 33.9. The SMILES string of the molecule is CCCCCCCCCC/C=C\CCCCCCCCCCCCCC(=O)NC(COC1OC(CO)C(O)C(O)C1O)C(O)/C=C/CC/C=C/CC/C=C/CCCCCCCCCCCCCCCCCCCCCCCC. The van der Waals surface area contributed by atoms with Gasteiger partial charge in [-0.3, -0.25) is 4.79 Å². The molecule has 1 aliphatic heterocycles. The monoisotopic (exact) mass is 1100 g/mol. The van der Waals surface area contributed by atoms with Gasteiger partial charge in [0.05, 0.1) is 25.4 Å². The quantitative estimate of drug-likeness (QED) is 0.0261. The predicted molar refractivity (Wildman–Crippen MR) is 332 cm³/mol. The average Bonchev–Trinajstić information content (AvgIpc) is 3.45. The maximum absolute atomic E-state index is 13.1. The molecule has 1 amide bonds. The Kier molecular flexibility index (Phi) is 55.5. The lowest BCUT2D eigenvalue weighted by molar-refractivity contribution is -0.302. The first-order chi connectivity index (χ1) is 38.3. The zero-order valence-electron chi connectivity index (χ0n) is 51.2. The molecule has 78 heavy (non-hydrogen) atoms. The van der Waals surface area contributed by atoms with E-state index in [2.05, 4.69) is 55.6 Å². The summed E-state index contributed by atoms with van der Waals surface area (Å²) in [7, 11) is 0. The van der Waals surface area contributed by atoms with Gasteiger partial charge in [0.2, 0.25) is 5.91 Å². The Morgan fingerprint density at radius 2 is 0.731 bits per heavy atom. The normalized spacial score (nSPS) is 18.9. The molecule has 1 fully saturated rings. The Morgan fingerprint density at radius 3 is 1.08 bits per heavy atom. The molecule has 0 saturated carbocycles. The minimum Gasteiger partial charge on any atom is -0.394 e. The number of aliphatic hydroxyl groups is 5. The first-order valence-corrected chi connectivity index (χ1v) is 33.9. The minimum absolute atomic E-state index is 0.188. The third-order valence-electron chi connectivity index (χ3n) is 16.1. The van der Waals surface area contributed by atoms with E-state index < -0.39 is 49.5 Å². The topological polar surface area (TPSA) is 149 Å². The number of amides is 1. The number of ether oxygens (including phenoxy) is 2. The Bertz CT molecular complexity index is 1370. The maximum Gasteiger partial charge on any atom is 0.220 e. The van der Waals surface area contributed by atoms with Crippen molar-refractivity contribution in [3.63, 3.8) is 0 Å². The second kappa shape index (κ2) is 58.4. The molecular weight excluding hydrogens is 971 g/mol. The Balaban J connectivity index is 2.18. The van der Waals surface area contributed by atoms with Crippen molar-refractivity contribution in [3.8, 4) is 0 Å². The number of nitrogens with one attached hydrogen (secondary N) is 1. The third-order valence-corrected chi connectivity index (χ3v) is 16.1. The van der Waals surface area contributed by atoms with Gasteiger partial charge in [-0.15, -0.1) is 0 Å². The summed E-state index contributed by atoms with van der Waals surface area (Å²) in [6.07, 6.45) is 72.2. The molecule has 0 aliphatic carbocycles. The van der Waals surface area contributed by atoms with E-state index in [0.717, 1.165) is 44.9 Å². The van der Waals surface area contributed by atoms with Crippen LogP contribution in [0.5, 0.6) is 0 Å². The second-order valence-electron chi connectivity index (χ2n) is 23.6. The van der Waals surface area contributed by atoms with Gasteiger partial charge in [-0.25, -0.2) is 0 Å². The van der Waals surface area contributed by atoms with Crippen molar-refractivity contribution in [2.24, 2.45) is 0 Å². The lowest BCUT2D eigenvalue weighted by Crippen LogP contribution is -2.60. The second-order valence-corrected chi connectivity index (χ2v) is 23.6. The number of carbonyl (C=O) groups is 1. The number of rotatable bonds is 59. The van der Waals surface area contributed by atoms with E-state index in [4.69, 9.17) is 9.47 Å². The van der Waals surface area contributed by atoms with Crippen LogP contribution in [0.2, 0.25) is 0 Å². The van der Waals surface area contributed by atoms with Crippen LogP contribution in [-0.2, 0) is 14.3 Å². The molecule has 9 heteroatoms. The molecule has 9 nitrogen and oxygen atoms in total. The number of aliphatic hydroxyl groups excluding tert-OH is 5. The number of hydrogen-bond acceptors (Lipinski definition) is 8. The van der Waals surface area contributed by atoms with E-state index in [1.807, 2.05) is 6.08 Å². The Hall–Kier alpha value is -1.85. The van der Waals surface area contributed by atoms with Crippen molar-refractivity contribution in [1.29, 1.82) is 0 Å². The molecule has 1 heterocycles. The van der Waals surface area contributed by atoms with E-state index >= 15 is 0 Å². The van der Waals surface area contributed by atoms with Crippen LogP contribution in [0, 0.1) is 0 Å². The highest BCUT2D eigenvalue weighted by atomic mass is 16.7. The molecule has 0 spiro atoms. The number of carbonyl (C=O) groups excluding carboxylic acids is 1. The number of unbranched alkanes of at least 4 members (excludes halogenated alkanes) is 43. The zero-order chi connectivity index (χ0) is 56.5. The molecule has 7 atom stereocenters. The van der Waals surface area contributed by atoms with Crippen LogP contribution in [0.4, 0.5) is 0 Å². The molecular formula is C69H129NO8. The van der Waals surface area contributed by atoms with Gasteiger partial charge in [0.15, 0.2) is 6.29 Å². The van der Waals surface area contributed by atoms with Crippen molar-refractivity contribution in [2.75, 3.05) is 13.2 Å². The summed E-state index contributed by atoms with van der Waals surface area (Å²) in [6.45, 7) is 3.80. The van der Waals surface area contributed by atoms with E-state index in [1.54, 1.807) is 6.08 Å². The van der Waals surface area contributed by atoms with Crippen LogP contribution in [0.1, 0.15) is 328 Å². The summed E-state index contributed by atoms with van der Waals surface area (Å²) >= 11 is 0. The fourth-order valence-electron chi connectivity index (χ4n) is 10.8. The van der Waals surface area contributed by atoms with E-state index in [-0.39, 0.29) is 12.5 Å². The zero-order valence-corrected chi connectivity index (χ0v) is 51.2. The fourth-order valence-corrected chi connectivity index (χ4v) is 10.8. The Morgan fingerprint density at radius 1 is 0.423 bits per heavy atom. The minimum atomic E-state index is -1.58. The average molecular weight is 1100 g/mol. The van der Waals surface area contributed by atoms with Crippen molar-refractivity contribution < 1.29 is 39.8 Å². The summed E-state index contributed by atoms with van der Waals surface area (Å²) < 4.78 is 11.3. The van der Waals surface area contributed by atoms with Crippen LogP contribution in [0.25, 0.3) is 0 Å². The van der Waals surface area contributed by atoms with Gasteiger partial charge in [-0.2, -0.15) is 0 Å². The first kappa shape index (κ1) is 74.2. The van der Waals surface area contributed by atoms with Gasteiger partial charge < -0.3 is 40.3 Å². The van der Waals surface area contributed by atoms with Crippen LogP contribution in [0.15, 0.2) is 48.6 Å². The molecule has 458 valence electrons. The lowest BCUT2D eigenvalue weighted by Gasteiger charge is -2.40. The fraction of sp³-hybridized carbons (Fsp3) is 0.870. The molecule has 0 aromatic rings. The van der Waals surface area contributed by atoms with Crippen molar-refractivity contribution in [3.05, 3.63) is 48.6 Å². The van der Waals surface area contributed by atoms with E-state index in [0.29, 0.717) is 6.42 Å². The summed E-state index contributed by atoms with van der Waals surface area (Å²) in [6, 6.07) is -0.831. The summed E-state index contributed by atoms with van der Waals surface area (Å²) in [4.78, 5) is 13.1. The molecule has 1 saturated heterocycles. The van der Waals surface area contributed by atoms with Crippen molar-refractivity contribution >= 4 is 5.91 Å². The largest absolute Gasteiger partial charge is 0.394 e. The Labute approximate surface area is 482 Å². The van der Waals surface area contributed by atoms with Gasteiger partial charge in [0, 0.05) is 6.42 Å². The molecule has 1 rings (SSSR count). The van der Waals surface area contributed by atoms with Gasteiger partial charge in [0.1, 0.15) is 24.4 Å². The third kappa shape index (κ3) is 46.7. The molecule has 0 bridgehead atoms. The maximum atomic E-state index is 13.1. The molecule has 0 aromatic heterocycles. The number of allylic oxidation sites excluding steroid dienone is 7. The van der Waals surface area contributed by atoms with Crippen molar-refractivity contribution in [2.45, 2.75) is 371 Å². The van der Waals surface area contributed by atoms with Crippen LogP contribution < -0.4 is 5.32 Å². The van der Waals surface area contributed by atoms with Crippen LogP contribution in [-0.4, -0.2) is 87.5 Å².